The normalized spacial score (nSPS) is 19.3. The van der Waals surface area contributed by atoms with Crippen LogP contribution in [0, 0.1) is 6.92 Å². The molecule has 4 rings (SSSR count). The van der Waals surface area contributed by atoms with Crippen LogP contribution < -0.4 is 0 Å². The number of aromatic nitrogens is 1. The molecule has 0 saturated carbocycles. The van der Waals surface area contributed by atoms with Gasteiger partial charge in [-0.1, -0.05) is 0 Å². The minimum absolute atomic E-state index is 0.0574. The van der Waals surface area contributed by atoms with Crippen LogP contribution in [0.2, 0.25) is 0 Å². The van der Waals surface area contributed by atoms with Crippen molar-refractivity contribution in [1.29, 1.82) is 0 Å². The number of carbonyl (C=O) groups is 2. The van der Waals surface area contributed by atoms with Crippen molar-refractivity contribution in [3.05, 3.63) is 53.7 Å². The van der Waals surface area contributed by atoms with Crippen LogP contribution in [0.1, 0.15) is 47.6 Å². The number of amides is 2. The first-order valence-corrected chi connectivity index (χ1v) is 9.12. The van der Waals surface area contributed by atoms with Gasteiger partial charge in [-0.3, -0.25) is 14.6 Å². The zero-order chi connectivity index (χ0) is 18.1. The zero-order valence-electron chi connectivity index (χ0n) is 15.0. The molecular weight excluding hydrogens is 330 g/mol. The number of pyridine rings is 1. The lowest BCUT2D eigenvalue weighted by molar-refractivity contribution is -0.133. The van der Waals surface area contributed by atoms with Gasteiger partial charge in [0.25, 0.3) is 5.91 Å². The molecule has 2 fully saturated rings. The molecule has 0 bridgehead atoms. The Balaban J connectivity index is 1.46. The first-order valence-electron chi connectivity index (χ1n) is 9.12. The largest absolute Gasteiger partial charge is 0.456 e. The van der Waals surface area contributed by atoms with Crippen molar-refractivity contribution in [2.75, 3.05) is 13.1 Å². The highest BCUT2D eigenvalue weighted by Gasteiger charge is 2.47. The number of nitrogens with zero attached hydrogens (tertiary/aromatic N) is 3. The Kier molecular flexibility index (Phi) is 4.26. The van der Waals surface area contributed by atoms with E-state index >= 15 is 0 Å². The molecule has 2 saturated heterocycles. The number of furan rings is 1. The Morgan fingerprint density at radius 3 is 2.54 bits per heavy atom. The maximum absolute atomic E-state index is 12.6. The van der Waals surface area contributed by atoms with Gasteiger partial charge in [0.15, 0.2) is 5.76 Å². The third-order valence-electron chi connectivity index (χ3n) is 5.70. The fourth-order valence-corrected chi connectivity index (χ4v) is 4.15. The lowest BCUT2D eigenvalue weighted by Gasteiger charge is -2.45. The van der Waals surface area contributed by atoms with Gasteiger partial charge in [0.2, 0.25) is 5.91 Å². The fourth-order valence-electron chi connectivity index (χ4n) is 4.15. The lowest BCUT2D eigenvalue weighted by Crippen LogP contribution is -2.53. The molecule has 0 N–H and O–H groups in total. The first-order chi connectivity index (χ1) is 12.6. The summed E-state index contributed by atoms with van der Waals surface area (Å²) in [6, 6.07) is 7.45. The Morgan fingerprint density at radius 2 is 1.88 bits per heavy atom. The summed E-state index contributed by atoms with van der Waals surface area (Å²) in [5.74, 6) is 1.29. The monoisotopic (exact) mass is 353 g/mol. The predicted molar refractivity (Wildman–Crippen MR) is 95.3 cm³/mol. The summed E-state index contributed by atoms with van der Waals surface area (Å²) in [5, 5.41) is 0. The van der Waals surface area contributed by atoms with Crippen molar-refractivity contribution in [2.24, 2.45) is 0 Å². The molecule has 2 aromatic rings. The van der Waals surface area contributed by atoms with Gasteiger partial charge in [-0.05, 0) is 56.0 Å². The molecule has 0 atom stereocenters. The highest BCUT2D eigenvalue weighted by Crippen LogP contribution is 2.40. The maximum atomic E-state index is 12.6. The number of hydrogen-bond donors (Lipinski definition) is 0. The Morgan fingerprint density at radius 1 is 1.15 bits per heavy atom. The average Bonchev–Trinajstić information content (AvgIpc) is 3.22. The Hall–Kier alpha value is -2.63. The highest BCUT2D eigenvalue weighted by atomic mass is 16.3. The molecule has 0 aromatic carbocycles. The third kappa shape index (κ3) is 3.00. The van der Waals surface area contributed by atoms with E-state index in [-0.39, 0.29) is 17.4 Å². The van der Waals surface area contributed by atoms with Crippen molar-refractivity contribution in [2.45, 2.75) is 44.7 Å². The van der Waals surface area contributed by atoms with Gasteiger partial charge in [0.05, 0.1) is 0 Å². The molecule has 2 aromatic heterocycles. The predicted octanol–water partition coefficient (Wildman–Crippen LogP) is 2.78. The highest BCUT2D eigenvalue weighted by molar-refractivity contribution is 5.91. The zero-order valence-corrected chi connectivity index (χ0v) is 15.0. The number of rotatable bonds is 3. The van der Waals surface area contributed by atoms with E-state index in [0.29, 0.717) is 31.8 Å². The van der Waals surface area contributed by atoms with Gasteiger partial charge >= 0.3 is 0 Å². The van der Waals surface area contributed by atoms with E-state index in [9.17, 15) is 9.59 Å². The quantitative estimate of drug-likeness (QED) is 0.851. The van der Waals surface area contributed by atoms with Crippen molar-refractivity contribution in [3.8, 4) is 0 Å². The molecule has 6 heteroatoms. The minimum Gasteiger partial charge on any atom is -0.456 e. The van der Waals surface area contributed by atoms with Crippen molar-refractivity contribution in [3.63, 3.8) is 0 Å². The van der Waals surface area contributed by atoms with Gasteiger partial charge in [-0.2, -0.15) is 0 Å². The van der Waals surface area contributed by atoms with E-state index in [1.54, 1.807) is 18.5 Å². The van der Waals surface area contributed by atoms with Gasteiger partial charge in [-0.25, -0.2) is 0 Å². The van der Waals surface area contributed by atoms with E-state index in [4.69, 9.17) is 4.42 Å². The molecule has 4 heterocycles. The topological polar surface area (TPSA) is 66.7 Å². The lowest BCUT2D eigenvalue weighted by atomic mass is 9.84. The molecule has 0 aliphatic carbocycles. The standard InChI is InChI=1S/C20H23N3O3/c1-15-2-3-17(26-15)19(25)22-12-8-20(9-13-22)7-4-18(24)23(20)14-16-5-10-21-11-6-16/h2-3,5-6,10-11H,4,7-9,12-14H2,1H3. The van der Waals surface area contributed by atoms with E-state index in [1.165, 1.54) is 0 Å². The molecule has 6 nitrogen and oxygen atoms in total. The van der Waals surface area contributed by atoms with Crippen LogP contribution in [0.5, 0.6) is 0 Å². The van der Waals surface area contributed by atoms with Crippen molar-refractivity contribution in [1.82, 2.24) is 14.8 Å². The van der Waals surface area contributed by atoms with Crippen LogP contribution in [0.25, 0.3) is 0 Å². The Bertz CT molecular complexity index is 807. The molecule has 2 aliphatic heterocycles. The van der Waals surface area contributed by atoms with Crippen LogP contribution in [0.15, 0.2) is 41.1 Å². The van der Waals surface area contributed by atoms with Crippen LogP contribution in [-0.2, 0) is 11.3 Å². The maximum Gasteiger partial charge on any atom is 0.289 e. The summed E-state index contributed by atoms with van der Waals surface area (Å²) < 4.78 is 5.47. The summed E-state index contributed by atoms with van der Waals surface area (Å²) in [4.78, 5) is 33.0. The summed E-state index contributed by atoms with van der Waals surface area (Å²) in [7, 11) is 0. The molecular formula is C20H23N3O3. The second-order valence-electron chi connectivity index (χ2n) is 7.26. The van der Waals surface area contributed by atoms with Gasteiger partial charge < -0.3 is 14.2 Å². The van der Waals surface area contributed by atoms with Gasteiger partial charge in [-0.15, -0.1) is 0 Å². The third-order valence-corrected chi connectivity index (χ3v) is 5.70. The van der Waals surface area contributed by atoms with E-state index < -0.39 is 0 Å². The summed E-state index contributed by atoms with van der Waals surface area (Å²) >= 11 is 0. The minimum atomic E-state index is -0.129. The SMILES string of the molecule is Cc1ccc(C(=O)N2CCC3(CCC(=O)N3Cc3ccncc3)CC2)o1. The summed E-state index contributed by atoms with van der Waals surface area (Å²) in [5.41, 5.74) is 0.968. The number of aryl methyl sites for hydroxylation is 1. The van der Waals surface area contributed by atoms with Gasteiger partial charge in [0, 0.05) is 44.0 Å². The number of piperidine rings is 1. The number of carbonyl (C=O) groups excluding carboxylic acids is 2. The average molecular weight is 353 g/mol. The first kappa shape index (κ1) is 16.8. The second-order valence-corrected chi connectivity index (χ2v) is 7.26. The molecule has 0 radical (unpaired) electrons. The molecule has 0 unspecified atom stereocenters. The van der Waals surface area contributed by atoms with Crippen LogP contribution >= 0.6 is 0 Å². The molecule has 136 valence electrons. The van der Waals surface area contributed by atoms with E-state index in [0.717, 1.165) is 30.6 Å². The second kappa shape index (κ2) is 6.59. The molecule has 2 aliphatic rings. The summed E-state index contributed by atoms with van der Waals surface area (Å²) in [6.07, 6.45) is 6.62. The smallest absolute Gasteiger partial charge is 0.289 e. The number of hydrogen-bond acceptors (Lipinski definition) is 4. The van der Waals surface area contributed by atoms with Crippen LogP contribution in [-0.4, -0.2) is 45.2 Å². The van der Waals surface area contributed by atoms with Gasteiger partial charge in [0.1, 0.15) is 5.76 Å². The Labute approximate surface area is 152 Å². The molecule has 26 heavy (non-hydrogen) atoms. The van der Waals surface area contributed by atoms with E-state index in [1.807, 2.05) is 34.9 Å². The van der Waals surface area contributed by atoms with Crippen molar-refractivity contribution >= 4 is 11.8 Å². The van der Waals surface area contributed by atoms with Crippen LogP contribution in [0.4, 0.5) is 0 Å². The van der Waals surface area contributed by atoms with Crippen LogP contribution in [0.3, 0.4) is 0 Å². The van der Waals surface area contributed by atoms with E-state index in [2.05, 4.69) is 4.98 Å². The van der Waals surface area contributed by atoms with Crippen molar-refractivity contribution < 1.29 is 14.0 Å². The molecule has 1 spiro atoms. The fraction of sp³-hybridized carbons (Fsp3) is 0.450. The number of likely N-dealkylation sites (tertiary alicyclic amines) is 2. The molecule has 2 amide bonds. The summed E-state index contributed by atoms with van der Waals surface area (Å²) in [6.45, 7) is 3.76.